The zero-order chi connectivity index (χ0) is 14.4. The molecule has 0 aliphatic rings. The van der Waals surface area contributed by atoms with Crippen LogP contribution in [0, 0.1) is 0 Å². The number of carbonyl (C=O) groups excluding carboxylic acids is 1. The van der Waals surface area contributed by atoms with E-state index in [2.05, 4.69) is 10.6 Å². The van der Waals surface area contributed by atoms with Gasteiger partial charge in [-0.3, -0.25) is 4.79 Å². The van der Waals surface area contributed by atoms with Gasteiger partial charge in [0.15, 0.2) is 5.11 Å². The Bertz CT molecular complexity index is 582. The average molecular weight is 325 g/mol. The molecule has 1 aromatic heterocycles. The first-order valence-electron chi connectivity index (χ1n) is 5.98. The Balaban J connectivity index is 1.76. The second kappa shape index (κ2) is 7.38. The van der Waals surface area contributed by atoms with Crippen LogP contribution >= 0.6 is 35.2 Å². The van der Waals surface area contributed by atoms with Crippen molar-refractivity contribution in [2.24, 2.45) is 0 Å². The van der Waals surface area contributed by atoms with E-state index < -0.39 is 0 Å². The molecule has 0 atom stereocenters. The van der Waals surface area contributed by atoms with Gasteiger partial charge in [-0.25, -0.2) is 0 Å². The van der Waals surface area contributed by atoms with Gasteiger partial charge in [0.2, 0.25) is 5.91 Å². The van der Waals surface area contributed by atoms with E-state index in [0.717, 1.165) is 5.56 Å². The van der Waals surface area contributed by atoms with E-state index in [4.69, 9.17) is 23.8 Å². The third kappa shape index (κ3) is 4.92. The molecule has 104 valence electrons. The minimum atomic E-state index is -0.143. The van der Waals surface area contributed by atoms with Crippen molar-refractivity contribution in [1.82, 2.24) is 10.6 Å². The number of rotatable bonds is 4. The fourth-order valence-electron chi connectivity index (χ4n) is 1.58. The number of halogens is 1. The van der Waals surface area contributed by atoms with Gasteiger partial charge in [0.05, 0.1) is 13.0 Å². The zero-order valence-electron chi connectivity index (χ0n) is 10.6. The predicted octanol–water partition coefficient (Wildman–Crippen LogP) is 3.13. The van der Waals surface area contributed by atoms with Gasteiger partial charge < -0.3 is 10.6 Å². The molecule has 0 radical (unpaired) electrons. The smallest absolute Gasteiger partial charge is 0.230 e. The number of thiocarbonyl (C=S) groups is 1. The highest BCUT2D eigenvalue weighted by Crippen LogP contribution is 2.10. The van der Waals surface area contributed by atoms with Crippen LogP contribution in [0.2, 0.25) is 5.02 Å². The van der Waals surface area contributed by atoms with Gasteiger partial charge in [0.1, 0.15) is 0 Å². The molecule has 2 N–H and O–H groups in total. The highest BCUT2D eigenvalue weighted by atomic mass is 35.5. The second-order valence-electron chi connectivity index (χ2n) is 4.11. The van der Waals surface area contributed by atoms with Gasteiger partial charge in [-0.15, -0.1) is 11.3 Å². The minimum absolute atomic E-state index is 0.143. The molecular formula is C14H13ClN2OS2. The molecule has 0 fully saturated rings. The second-order valence-corrected chi connectivity index (χ2v) is 5.99. The normalized spacial score (nSPS) is 10.1. The van der Waals surface area contributed by atoms with Crippen LogP contribution in [0.4, 0.5) is 0 Å². The lowest BCUT2D eigenvalue weighted by molar-refractivity contribution is -0.119. The van der Waals surface area contributed by atoms with E-state index >= 15 is 0 Å². The maximum atomic E-state index is 11.8. The van der Waals surface area contributed by atoms with E-state index in [-0.39, 0.29) is 12.3 Å². The Kier molecular flexibility index (Phi) is 5.52. The largest absolute Gasteiger partial charge is 0.357 e. The number of hydrogen-bond acceptors (Lipinski definition) is 3. The van der Waals surface area contributed by atoms with Crippen LogP contribution < -0.4 is 10.6 Å². The number of amides is 1. The third-order valence-electron chi connectivity index (χ3n) is 2.53. The first-order chi connectivity index (χ1) is 9.63. The Labute approximate surface area is 132 Å². The molecule has 0 saturated carbocycles. The molecule has 1 heterocycles. The molecule has 0 saturated heterocycles. The van der Waals surface area contributed by atoms with E-state index in [1.165, 1.54) is 4.88 Å². The average Bonchev–Trinajstić information content (AvgIpc) is 2.92. The van der Waals surface area contributed by atoms with Crippen LogP contribution in [0.25, 0.3) is 0 Å². The lowest BCUT2D eigenvalue weighted by Gasteiger charge is -2.08. The van der Waals surface area contributed by atoms with E-state index in [0.29, 0.717) is 16.7 Å². The van der Waals surface area contributed by atoms with Crippen molar-refractivity contribution in [3.63, 3.8) is 0 Å². The molecule has 2 rings (SSSR count). The van der Waals surface area contributed by atoms with E-state index in [1.54, 1.807) is 23.5 Å². The fourth-order valence-corrected chi connectivity index (χ4v) is 2.54. The van der Waals surface area contributed by atoms with Gasteiger partial charge in [0, 0.05) is 9.90 Å². The van der Waals surface area contributed by atoms with Crippen molar-refractivity contribution in [1.29, 1.82) is 0 Å². The number of carbonyl (C=O) groups is 1. The lowest BCUT2D eigenvalue weighted by atomic mass is 10.1. The molecule has 6 heteroatoms. The Hall–Kier alpha value is -1.43. The first kappa shape index (κ1) is 15.0. The van der Waals surface area contributed by atoms with Crippen LogP contribution in [0.15, 0.2) is 41.8 Å². The third-order valence-corrected chi connectivity index (χ3v) is 3.91. The lowest BCUT2D eigenvalue weighted by Crippen LogP contribution is -2.39. The topological polar surface area (TPSA) is 41.1 Å². The Morgan fingerprint density at radius 1 is 1.25 bits per heavy atom. The van der Waals surface area contributed by atoms with E-state index in [9.17, 15) is 4.79 Å². The van der Waals surface area contributed by atoms with Crippen LogP contribution in [0.1, 0.15) is 10.4 Å². The monoisotopic (exact) mass is 324 g/mol. The van der Waals surface area contributed by atoms with Gasteiger partial charge >= 0.3 is 0 Å². The molecule has 1 aromatic carbocycles. The Morgan fingerprint density at radius 3 is 2.65 bits per heavy atom. The van der Waals surface area contributed by atoms with Crippen molar-refractivity contribution in [3.05, 3.63) is 57.2 Å². The quantitative estimate of drug-likeness (QED) is 0.849. The maximum Gasteiger partial charge on any atom is 0.230 e. The highest BCUT2D eigenvalue weighted by molar-refractivity contribution is 7.80. The molecule has 3 nitrogen and oxygen atoms in total. The Morgan fingerprint density at radius 2 is 2.00 bits per heavy atom. The molecule has 1 amide bonds. The molecule has 0 unspecified atom stereocenters. The van der Waals surface area contributed by atoms with Crippen molar-refractivity contribution in [2.45, 2.75) is 13.0 Å². The van der Waals surface area contributed by atoms with Crippen LogP contribution in [0.3, 0.4) is 0 Å². The van der Waals surface area contributed by atoms with Gasteiger partial charge in [-0.05, 0) is 41.4 Å². The molecule has 0 aliphatic heterocycles. The maximum absolute atomic E-state index is 11.8. The van der Waals surface area contributed by atoms with Crippen molar-refractivity contribution in [3.8, 4) is 0 Å². The van der Waals surface area contributed by atoms with Gasteiger partial charge in [-0.2, -0.15) is 0 Å². The van der Waals surface area contributed by atoms with Crippen LogP contribution in [-0.2, 0) is 17.8 Å². The summed E-state index contributed by atoms with van der Waals surface area (Å²) < 4.78 is 0. The summed E-state index contributed by atoms with van der Waals surface area (Å²) in [6, 6.07) is 11.2. The van der Waals surface area contributed by atoms with Crippen molar-refractivity contribution < 1.29 is 4.79 Å². The summed E-state index contributed by atoms with van der Waals surface area (Å²) in [6.07, 6.45) is 0.276. The van der Waals surface area contributed by atoms with Gasteiger partial charge in [-0.1, -0.05) is 29.8 Å². The van der Waals surface area contributed by atoms with Gasteiger partial charge in [0.25, 0.3) is 0 Å². The number of thiophene rings is 1. The summed E-state index contributed by atoms with van der Waals surface area (Å²) in [5.41, 5.74) is 0.896. The van der Waals surface area contributed by atoms with Crippen LogP contribution in [0.5, 0.6) is 0 Å². The van der Waals surface area contributed by atoms with Crippen molar-refractivity contribution in [2.75, 3.05) is 0 Å². The fraction of sp³-hybridized carbons (Fsp3) is 0.143. The SMILES string of the molecule is O=C(Cc1ccc(Cl)cc1)NC(=S)NCc1cccs1. The van der Waals surface area contributed by atoms with E-state index in [1.807, 2.05) is 29.6 Å². The summed E-state index contributed by atoms with van der Waals surface area (Å²) in [5.74, 6) is -0.143. The number of nitrogens with one attached hydrogen (secondary N) is 2. The standard InChI is InChI=1S/C14H13ClN2OS2/c15-11-5-3-10(4-6-11)8-13(18)17-14(19)16-9-12-2-1-7-20-12/h1-7H,8-9H2,(H2,16,17,18,19). The molecule has 2 aromatic rings. The predicted molar refractivity (Wildman–Crippen MR) is 87.1 cm³/mol. The summed E-state index contributed by atoms with van der Waals surface area (Å²) in [4.78, 5) is 13.0. The molecule has 0 aliphatic carbocycles. The molecule has 0 bridgehead atoms. The molecule has 0 spiro atoms. The highest BCUT2D eigenvalue weighted by Gasteiger charge is 2.06. The van der Waals surface area contributed by atoms with Crippen molar-refractivity contribution >= 4 is 46.2 Å². The number of hydrogen-bond donors (Lipinski definition) is 2. The molecular weight excluding hydrogens is 312 g/mol. The minimum Gasteiger partial charge on any atom is -0.357 e. The summed E-state index contributed by atoms with van der Waals surface area (Å²) in [5, 5.41) is 8.66. The summed E-state index contributed by atoms with van der Waals surface area (Å²) in [7, 11) is 0. The molecule has 20 heavy (non-hydrogen) atoms. The first-order valence-corrected chi connectivity index (χ1v) is 7.64. The zero-order valence-corrected chi connectivity index (χ0v) is 12.9. The number of benzene rings is 1. The summed E-state index contributed by atoms with van der Waals surface area (Å²) in [6.45, 7) is 0.623. The summed E-state index contributed by atoms with van der Waals surface area (Å²) >= 11 is 12.5. The van der Waals surface area contributed by atoms with Crippen LogP contribution in [-0.4, -0.2) is 11.0 Å².